The first-order valence-corrected chi connectivity index (χ1v) is 5.42. The zero-order valence-electron chi connectivity index (χ0n) is 10.0. The molecule has 0 saturated heterocycles. The first-order valence-electron chi connectivity index (χ1n) is 5.42. The van der Waals surface area contributed by atoms with Crippen molar-refractivity contribution in [2.24, 2.45) is 4.99 Å². The number of aliphatic imine (C=N–C) groups is 1. The molecule has 0 aromatic heterocycles. The van der Waals surface area contributed by atoms with Crippen molar-refractivity contribution in [2.75, 3.05) is 6.54 Å². The molecule has 0 bridgehead atoms. The number of ether oxygens (including phenoxy) is 1. The van der Waals surface area contributed by atoms with Crippen LogP contribution in [0.25, 0.3) is 0 Å². The van der Waals surface area contributed by atoms with Crippen LogP contribution in [-0.2, 0) is 9.53 Å². The summed E-state index contributed by atoms with van der Waals surface area (Å²) in [6.07, 6.45) is 3.74. The van der Waals surface area contributed by atoms with Gasteiger partial charge < -0.3 is 10.1 Å². The number of isocyanates is 1. The molecule has 1 fully saturated rings. The molecule has 0 spiro atoms. The normalized spacial score (nSPS) is 17.9. The molecule has 0 atom stereocenters. The van der Waals surface area contributed by atoms with E-state index in [0.29, 0.717) is 0 Å². The van der Waals surface area contributed by atoms with E-state index in [1.54, 1.807) is 0 Å². The van der Waals surface area contributed by atoms with Crippen molar-refractivity contribution in [3.8, 4) is 0 Å². The second kappa shape index (κ2) is 4.66. The number of alkyl carbamates (subject to hydrolysis) is 1. The monoisotopic (exact) mass is 226 g/mol. The zero-order valence-corrected chi connectivity index (χ0v) is 10.0. The lowest BCUT2D eigenvalue weighted by molar-refractivity contribution is 0.0394. The van der Waals surface area contributed by atoms with E-state index >= 15 is 0 Å². The SMILES string of the molecule is CC(C)(C)OC(=O)NC1(CN=C=O)CCC1. The summed E-state index contributed by atoms with van der Waals surface area (Å²) in [6.45, 7) is 5.71. The quantitative estimate of drug-likeness (QED) is 0.589. The fourth-order valence-corrected chi connectivity index (χ4v) is 1.63. The Morgan fingerprint density at radius 2 is 2.12 bits per heavy atom. The van der Waals surface area contributed by atoms with Crippen molar-refractivity contribution in [1.29, 1.82) is 0 Å². The van der Waals surface area contributed by atoms with Crippen molar-refractivity contribution in [3.05, 3.63) is 0 Å². The van der Waals surface area contributed by atoms with E-state index in [0.717, 1.165) is 19.3 Å². The Bertz CT molecular complexity index is 310. The topological polar surface area (TPSA) is 67.8 Å². The minimum absolute atomic E-state index is 0.287. The van der Waals surface area contributed by atoms with Crippen LogP contribution in [0.4, 0.5) is 4.79 Å². The lowest BCUT2D eigenvalue weighted by Crippen LogP contribution is -2.56. The Morgan fingerprint density at radius 1 is 1.50 bits per heavy atom. The third-order valence-electron chi connectivity index (χ3n) is 2.52. The standard InChI is InChI=1S/C11H18N2O3/c1-10(2,3)16-9(15)13-11(5-4-6-11)7-12-8-14/h4-7H2,1-3H3,(H,13,15). The van der Waals surface area contributed by atoms with Gasteiger partial charge in [-0.25, -0.2) is 14.6 Å². The van der Waals surface area contributed by atoms with Crippen molar-refractivity contribution < 1.29 is 14.3 Å². The van der Waals surface area contributed by atoms with Crippen LogP contribution in [-0.4, -0.2) is 29.9 Å². The third kappa shape index (κ3) is 3.66. The summed E-state index contributed by atoms with van der Waals surface area (Å²) in [5, 5.41) is 2.79. The van der Waals surface area contributed by atoms with Crippen LogP contribution in [0.15, 0.2) is 4.99 Å². The van der Waals surface area contributed by atoms with Gasteiger partial charge in [-0.15, -0.1) is 0 Å². The van der Waals surface area contributed by atoms with Crippen molar-refractivity contribution in [1.82, 2.24) is 5.32 Å². The van der Waals surface area contributed by atoms with Crippen LogP contribution in [0.1, 0.15) is 40.0 Å². The first kappa shape index (κ1) is 12.7. The summed E-state index contributed by atoms with van der Waals surface area (Å²) in [7, 11) is 0. The Kier molecular flexibility index (Phi) is 3.70. The van der Waals surface area contributed by atoms with Crippen LogP contribution in [0, 0.1) is 0 Å². The lowest BCUT2D eigenvalue weighted by atomic mass is 9.77. The molecule has 0 aliphatic heterocycles. The van der Waals surface area contributed by atoms with Gasteiger partial charge in [0.05, 0.1) is 12.1 Å². The number of hydrogen-bond donors (Lipinski definition) is 1. The predicted molar refractivity (Wildman–Crippen MR) is 58.9 cm³/mol. The smallest absolute Gasteiger partial charge is 0.408 e. The fraction of sp³-hybridized carbons (Fsp3) is 0.818. The Morgan fingerprint density at radius 3 is 2.50 bits per heavy atom. The minimum Gasteiger partial charge on any atom is -0.444 e. The molecule has 1 aliphatic rings. The molecule has 0 radical (unpaired) electrons. The number of amides is 1. The van der Waals surface area contributed by atoms with Gasteiger partial charge in [-0.05, 0) is 40.0 Å². The van der Waals surface area contributed by atoms with E-state index < -0.39 is 11.7 Å². The van der Waals surface area contributed by atoms with Crippen molar-refractivity contribution in [2.45, 2.75) is 51.2 Å². The van der Waals surface area contributed by atoms with E-state index in [2.05, 4.69) is 10.3 Å². The molecule has 1 saturated carbocycles. The molecule has 0 heterocycles. The third-order valence-corrected chi connectivity index (χ3v) is 2.52. The highest BCUT2D eigenvalue weighted by molar-refractivity contribution is 5.69. The van der Waals surface area contributed by atoms with Gasteiger partial charge in [-0.2, -0.15) is 0 Å². The minimum atomic E-state index is -0.511. The maximum absolute atomic E-state index is 11.6. The summed E-state index contributed by atoms with van der Waals surface area (Å²) in [4.78, 5) is 25.2. The van der Waals surface area contributed by atoms with Gasteiger partial charge in [0, 0.05) is 0 Å². The van der Waals surface area contributed by atoms with Crippen molar-refractivity contribution >= 4 is 12.2 Å². The molecule has 90 valence electrons. The second-order valence-electron chi connectivity index (χ2n) is 5.17. The van der Waals surface area contributed by atoms with Gasteiger partial charge in [0.2, 0.25) is 6.08 Å². The first-order chi connectivity index (χ1) is 7.37. The Balaban J connectivity index is 2.50. The van der Waals surface area contributed by atoms with Gasteiger partial charge in [0.1, 0.15) is 5.60 Å². The number of rotatable bonds is 3. The average Bonchev–Trinajstić information content (AvgIpc) is 2.06. The van der Waals surface area contributed by atoms with Crippen LogP contribution in [0.3, 0.4) is 0 Å². The molecule has 0 aromatic rings. The molecule has 1 amide bonds. The molecular formula is C11H18N2O3. The van der Waals surface area contributed by atoms with Gasteiger partial charge in [0.25, 0.3) is 0 Å². The van der Waals surface area contributed by atoms with E-state index in [4.69, 9.17) is 4.74 Å². The van der Waals surface area contributed by atoms with E-state index in [9.17, 15) is 9.59 Å². The highest BCUT2D eigenvalue weighted by Gasteiger charge is 2.39. The molecule has 16 heavy (non-hydrogen) atoms. The number of carbonyl (C=O) groups excluding carboxylic acids is 2. The van der Waals surface area contributed by atoms with E-state index in [1.165, 1.54) is 6.08 Å². The number of nitrogens with one attached hydrogen (secondary N) is 1. The van der Waals surface area contributed by atoms with Gasteiger partial charge in [-0.1, -0.05) is 0 Å². The number of nitrogens with zero attached hydrogens (tertiary/aromatic N) is 1. The summed E-state index contributed by atoms with van der Waals surface area (Å²) in [5.41, 5.74) is -0.900. The summed E-state index contributed by atoms with van der Waals surface area (Å²) >= 11 is 0. The highest BCUT2D eigenvalue weighted by atomic mass is 16.6. The number of hydrogen-bond acceptors (Lipinski definition) is 4. The molecule has 1 N–H and O–H groups in total. The Hall–Kier alpha value is -1.35. The van der Waals surface area contributed by atoms with Crippen molar-refractivity contribution in [3.63, 3.8) is 0 Å². The fourth-order valence-electron chi connectivity index (χ4n) is 1.63. The van der Waals surface area contributed by atoms with E-state index in [1.807, 2.05) is 20.8 Å². The predicted octanol–water partition coefficient (Wildman–Crippen LogP) is 1.77. The zero-order chi connectivity index (χ0) is 12.2. The van der Waals surface area contributed by atoms with Crippen LogP contribution >= 0.6 is 0 Å². The maximum atomic E-state index is 11.6. The lowest BCUT2D eigenvalue weighted by Gasteiger charge is -2.41. The summed E-state index contributed by atoms with van der Waals surface area (Å²) in [5.74, 6) is 0. The average molecular weight is 226 g/mol. The second-order valence-corrected chi connectivity index (χ2v) is 5.17. The molecule has 5 heteroatoms. The Labute approximate surface area is 95.3 Å². The largest absolute Gasteiger partial charge is 0.444 e. The molecule has 0 aromatic carbocycles. The van der Waals surface area contributed by atoms with Crippen LogP contribution in [0.2, 0.25) is 0 Å². The summed E-state index contributed by atoms with van der Waals surface area (Å²) < 4.78 is 5.16. The van der Waals surface area contributed by atoms with Crippen LogP contribution < -0.4 is 5.32 Å². The molecule has 0 unspecified atom stereocenters. The highest BCUT2D eigenvalue weighted by Crippen LogP contribution is 2.32. The van der Waals surface area contributed by atoms with Gasteiger partial charge in [-0.3, -0.25) is 0 Å². The summed E-state index contributed by atoms with van der Waals surface area (Å²) in [6, 6.07) is 0. The van der Waals surface area contributed by atoms with Gasteiger partial charge >= 0.3 is 6.09 Å². The van der Waals surface area contributed by atoms with E-state index in [-0.39, 0.29) is 12.1 Å². The molecule has 1 aliphatic carbocycles. The molecule has 1 rings (SSSR count). The van der Waals surface area contributed by atoms with Gasteiger partial charge in [0.15, 0.2) is 0 Å². The number of carbonyl (C=O) groups is 1. The molecular weight excluding hydrogens is 208 g/mol. The van der Waals surface area contributed by atoms with Crippen LogP contribution in [0.5, 0.6) is 0 Å². The maximum Gasteiger partial charge on any atom is 0.408 e. The molecule has 5 nitrogen and oxygen atoms in total.